The molecule has 0 bridgehead atoms. The van der Waals surface area contributed by atoms with Crippen molar-refractivity contribution in [3.63, 3.8) is 0 Å². The molecule has 0 amide bonds. The molecule has 1 aliphatic heterocycles. The maximum atomic E-state index is 5.73. The number of ether oxygens (including phenoxy) is 2. The second kappa shape index (κ2) is 14.2. The molecule has 1 saturated heterocycles. The first kappa shape index (κ1) is 24.2. The molecule has 0 spiro atoms. The molecule has 1 aromatic rings. The summed E-state index contributed by atoms with van der Waals surface area (Å²) in [6, 6.07) is 2.11. The maximum Gasteiger partial charge on any atom is 0.191 e. The lowest BCUT2D eigenvalue weighted by atomic mass is 10.1. The van der Waals surface area contributed by atoms with E-state index in [-0.39, 0.29) is 24.0 Å². The fraction of sp³-hybridized carbons (Fsp3) is 0.789. The number of aliphatic imine (C=N–C) groups is 1. The van der Waals surface area contributed by atoms with Gasteiger partial charge in [-0.3, -0.25) is 9.67 Å². The molecule has 27 heavy (non-hydrogen) atoms. The Bertz CT molecular complexity index is 544. The van der Waals surface area contributed by atoms with Crippen LogP contribution in [0.2, 0.25) is 0 Å². The van der Waals surface area contributed by atoms with Gasteiger partial charge in [0.05, 0.1) is 18.9 Å². The molecule has 0 radical (unpaired) electrons. The first-order valence-electron chi connectivity index (χ1n) is 9.87. The van der Waals surface area contributed by atoms with Crippen molar-refractivity contribution in [2.75, 3.05) is 46.1 Å². The predicted molar refractivity (Wildman–Crippen MR) is 120 cm³/mol. The molecule has 1 aromatic heterocycles. The van der Waals surface area contributed by atoms with E-state index in [1.54, 1.807) is 0 Å². The highest BCUT2D eigenvalue weighted by Crippen LogP contribution is 2.12. The molecule has 0 saturated carbocycles. The van der Waals surface area contributed by atoms with Crippen LogP contribution in [0.5, 0.6) is 0 Å². The van der Waals surface area contributed by atoms with Crippen LogP contribution in [-0.2, 0) is 16.0 Å². The van der Waals surface area contributed by atoms with Gasteiger partial charge in [-0.1, -0.05) is 0 Å². The first-order chi connectivity index (χ1) is 12.7. The Hall–Kier alpha value is -0.870. The number of guanidine groups is 1. The topological polar surface area (TPSA) is 72.7 Å². The molecule has 1 fully saturated rings. The van der Waals surface area contributed by atoms with Gasteiger partial charge in [-0.2, -0.15) is 5.10 Å². The molecule has 1 unspecified atom stereocenters. The van der Waals surface area contributed by atoms with E-state index in [0.29, 0.717) is 5.92 Å². The van der Waals surface area contributed by atoms with Gasteiger partial charge in [0.2, 0.25) is 0 Å². The van der Waals surface area contributed by atoms with Gasteiger partial charge < -0.3 is 20.1 Å². The maximum absolute atomic E-state index is 5.73. The molecule has 156 valence electrons. The summed E-state index contributed by atoms with van der Waals surface area (Å²) in [6.07, 6.45) is 3.09. The van der Waals surface area contributed by atoms with Crippen LogP contribution in [0, 0.1) is 19.8 Å². The van der Waals surface area contributed by atoms with Gasteiger partial charge in [-0.15, -0.1) is 24.0 Å². The van der Waals surface area contributed by atoms with Gasteiger partial charge in [0.15, 0.2) is 5.96 Å². The summed E-state index contributed by atoms with van der Waals surface area (Å²) in [5, 5.41) is 11.2. The van der Waals surface area contributed by atoms with E-state index >= 15 is 0 Å². The Morgan fingerprint density at radius 3 is 2.89 bits per heavy atom. The van der Waals surface area contributed by atoms with Gasteiger partial charge in [0.25, 0.3) is 0 Å². The molecular weight excluding hydrogens is 457 g/mol. The summed E-state index contributed by atoms with van der Waals surface area (Å²) < 4.78 is 13.1. The highest BCUT2D eigenvalue weighted by atomic mass is 127. The molecule has 8 heteroatoms. The zero-order chi connectivity index (χ0) is 18.6. The summed E-state index contributed by atoms with van der Waals surface area (Å²) in [7, 11) is 0. The first-order valence-corrected chi connectivity index (χ1v) is 9.87. The van der Waals surface area contributed by atoms with E-state index in [2.05, 4.69) is 45.3 Å². The highest BCUT2D eigenvalue weighted by molar-refractivity contribution is 14.0. The normalized spacial score (nSPS) is 17.0. The minimum Gasteiger partial charge on any atom is -0.381 e. The van der Waals surface area contributed by atoms with E-state index < -0.39 is 0 Å². The Balaban J connectivity index is 0.00000364. The van der Waals surface area contributed by atoms with Crippen LogP contribution in [0.3, 0.4) is 0 Å². The van der Waals surface area contributed by atoms with Crippen molar-refractivity contribution in [3.05, 3.63) is 17.5 Å². The smallest absolute Gasteiger partial charge is 0.191 e. The van der Waals surface area contributed by atoms with E-state index in [9.17, 15) is 0 Å². The van der Waals surface area contributed by atoms with Crippen LogP contribution in [0.1, 0.15) is 37.6 Å². The van der Waals surface area contributed by atoms with Crippen molar-refractivity contribution >= 4 is 29.9 Å². The number of aromatic nitrogens is 2. The minimum atomic E-state index is 0. The Morgan fingerprint density at radius 1 is 1.37 bits per heavy atom. The monoisotopic (exact) mass is 493 g/mol. The SMILES string of the molecule is CCNC(=NCCCn1nc(C)cc1C)NCCCOCC1CCOC1.I. The standard InChI is InChI=1S/C19H35N5O2.HI/c1-4-20-19(21-8-5-10-24-17(3)13-16(2)23-24)22-9-6-11-25-14-18-7-12-26-15-18;/h13,18H,4-12,14-15H2,1-3H3,(H2,20,21,22);1H. The molecule has 0 aromatic carbocycles. The van der Waals surface area contributed by atoms with E-state index in [0.717, 1.165) is 83.5 Å². The Morgan fingerprint density at radius 2 is 2.22 bits per heavy atom. The molecule has 2 rings (SSSR count). The molecule has 2 N–H and O–H groups in total. The quantitative estimate of drug-likeness (QED) is 0.215. The minimum absolute atomic E-state index is 0. The number of rotatable bonds is 11. The van der Waals surface area contributed by atoms with Gasteiger partial charge in [0, 0.05) is 51.0 Å². The summed E-state index contributed by atoms with van der Waals surface area (Å²) in [5.41, 5.74) is 2.28. The van der Waals surface area contributed by atoms with Crippen molar-refractivity contribution < 1.29 is 9.47 Å². The van der Waals surface area contributed by atoms with Gasteiger partial charge in [0.1, 0.15) is 0 Å². The van der Waals surface area contributed by atoms with E-state index in [1.807, 2.05) is 6.92 Å². The fourth-order valence-corrected chi connectivity index (χ4v) is 3.00. The van der Waals surface area contributed by atoms with E-state index in [1.165, 1.54) is 5.69 Å². The zero-order valence-electron chi connectivity index (χ0n) is 17.0. The number of halogens is 1. The lowest BCUT2D eigenvalue weighted by Crippen LogP contribution is -2.38. The lowest BCUT2D eigenvalue weighted by Gasteiger charge is -2.12. The Kier molecular flexibility index (Phi) is 12.7. The predicted octanol–water partition coefficient (Wildman–Crippen LogP) is 2.51. The van der Waals surface area contributed by atoms with Crippen LogP contribution in [-0.4, -0.2) is 61.8 Å². The average Bonchev–Trinajstić information content (AvgIpc) is 3.24. The molecule has 1 aliphatic rings. The van der Waals surface area contributed by atoms with Crippen molar-refractivity contribution in [1.29, 1.82) is 0 Å². The Labute approximate surface area is 180 Å². The molecule has 2 heterocycles. The van der Waals surface area contributed by atoms with Gasteiger partial charge >= 0.3 is 0 Å². The van der Waals surface area contributed by atoms with Crippen LogP contribution in [0.25, 0.3) is 0 Å². The molecule has 0 aliphatic carbocycles. The van der Waals surface area contributed by atoms with Crippen molar-refractivity contribution in [2.45, 2.75) is 46.6 Å². The third kappa shape index (κ3) is 9.75. The largest absolute Gasteiger partial charge is 0.381 e. The second-order valence-electron chi connectivity index (χ2n) is 6.85. The number of nitrogens with zero attached hydrogens (tertiary/aromatic N) is 3. The zero-order valence-corrected chi connectivity index (χ0v) is 19.3. The number of hydrogen-bond acceptors (Lipinski definition) is 4. The molecule has 7 nitrogen and oxygen atoms in total. The van der Waals surface area contributed by atoms with Gasteiger partial charge in [-0.05, 0) is 46.1 Å². The van der Waals surface area contributed by atoms with Crippen LogP contribution in [0.4, 0.5) is 0 Å². The van der Waals surface area contributed by atoms with E-state index in [4.69, 9.17) is 9.47 Å². The number of nitrogens with one attached hydrogen (secondary N) is 2. The molecule has 1 atom stereocenters. The van der Waals surface area contributed by atoms with Crippen LogP contribution in [0.15, 0.2) is 11.1 Å². The number of hydrogen-bond donors (Lipinski definition) is 2. The summed E-state index contributed by atoms with van der Waals surface area (Å²) >= 11 is 0. The lowest BCUT2D eigenvalue weighted by molar-refractivity contribution is 0.0888. The summed E-state index contributed by atoms with van der Waals surface area (Å²) in [6.45, 7) is 13.0. The highest BCUT2D eigenvalue weighted by Gasteiger charge is 2.15. The van der Waals surface area contributed by atoms with Crippen molar-refractivity contribution in [2.24, 2.45) is 10.9 Å². The third-order valence-corrected chi connectivity index (χ3v) is 4.38. The van der Waals surface area contributed by atoms with Crippen LogP contribution >= 0.6 is 24.0 Å². The third-order valence-electron chi connectivity index (χ3n) is 4.38. The fourth-order valence-electron chi connectivity index (χ4n) is 3.00. The molecular formula is C19H36IN5O2. The summed E-state index contributed by atoms with van der Waals surface area (Å²) in [4.78, 5) is 4.64. The average molecular weight is 493 g/mol. The van der Waals surface area contributed by atoms with Crippen molar-refractivity contribution in [1.82, 2.24) is 20.4 Å². The number of aryl methyl sites for hydroxylation is 3. The van der Waals surface area contributed by atoms with Crippen LogP contribution < -0.4 is 10.6 Å². The van der Waals surface area contributed by atoms with Gasteiger partial charge in [-0.25, -0.2) is 0 Å². The second-order valence-corrected chi connectivity index (χ2v) is 6.85. The van der Waals surface area contributed by atoms with Crippen molar-refractivity contribution in [3.8, 4) is 0 Å². The summed E-state index contributed by atoms with van der Waals surface area (Å²) in [5.74, 6) is 1.47.